The number of rotatable bonds is 6. The molecular weight excluding hydrogens is 1310 g/mol. The number of hydrogen-bond donors (Lipinski definition) is 0. The van der Waals surface area contributed by atoms with E-state index < -0.39 is 0 Å². The van der Waals surface area contributed by atoms with Gasteiger partial charge in [0.15, 0.2) is 0 Å². The van der Waals surface area contributed by atoms with Gasteiger partial charge in [0.25, 0.3) is 0 Å². The summed E-state index contributed by atoms with van der Waals surface area (Å²) in [6, 6.07) is 60.0. The van der Waals surface area contributed by atoms with Crippen molar-refractivity contribution in [2.24, 2.45) is 0 Å². The summed E-state index contributed by atoms with van der Waals surface area (Å²) in [5, 5.41) is 0. The molecular formula is C40H60Cr8N2S12+12. The molecule has 0 unspecified atom stereocenters. The molecule has 6 aromatic rings. The van der Waals surface area contributed by atoms with Crippen LogP contribution in [-0.4, -0.2) is 45.4 Å². The van der Waals surface area contributed by atoms with Gasteiger partial charge in [-0.15, -0.1) is 0 Å². The molecule has 6 radical (unpaired) electrons. The predicted octanol–water partition coefficient (Wildman–Crippen LogP) is 7.66. The summed E-state index contributed by atoms with van der Waals surface area (Å²) in [6.45, 7) is 12.1. The van der Waals surface area contributed by atoms with E-state index in [9.17, 15) is 0 Å². The monoisotopic (exact) mass is 1370 g/mol. The Bertz CT molecular complexity index is 854. The molecule has 338 valence electrons. The fraction of sp³-hybridized carbons (Fsp3) is 0.250. The van der Waals surface area contributed by atoms with Crippen molar-refractivity contribution in [2.45, 2.75) is 37.1 Å². The second-order valence-electron chi connectivity index (χ2n) is 8.83. The molecule has 62 heavy (non-hydrogen) atoms. The first-order valence-electron chi connectivity index (χ1n) is 15.6. The smallest absolute Gasteiger partial charge is 0.813 e. The maximum atomic E-state index is 4.84. The van der Waals surface area contributed by atoms with Crippen LogP contribution in [0.3, 0.4) is 0 Å². The first-order valence-corrected chi connectivity index (χ1v) is 17.4. The Morgan fingerprint density at radius 2 is 0.387 bits per heavy atom. The zero-order chi connectivity index (χ0) is 34.4. The maximum absolute atomic E-state index is 4.84. The fourth-order valence-corrected chi connectivity index (χ4v) is 4.16. The van der Waals surface area contributed by atoms with Gasteiger partial charge in [0.2, 0.25) is 0 Å². The van der Waals surface area contributed by atoms with Crippen LogP contribution >= 0.6 is 0 Å². The van der Waals surface area contributed by atoms with E-state index >= 15 is 0 Å². The second kappa shape index (κ2) is 107. The summed E-state index contributed by atoms with van der Waals surface area (Å²) < 4.78 is -0.241. The van der Waals surface area contributed by atoms with Crippen molar-refractivity contribution in [3.63, 3.8) is 0 Å². The van der Waals surface area contributed by atoms with E-state index in [1.165, 1.54) is 0 Å². The van der Waals surface area contributed by atoms with Crippen molar-refractivity contribution in [1.29, 1.82) is 0 Å². The zero-order valence-electron chi connectivity index (χ0n) is 34.7. The molecule has 6 rings (SSSR count). The average molecular weight is 1370 g/mol. The quantitative estimate of drug-likeness (QED) is 0.0917. The van der Waals surface area contributed by atoms with E-state index in [-0.39, 0.29) is 256 Å². The first-order chi connectivity index (χ1) is 22.4. The molecule has 0 aliphatic carbocycles. The number of nitrogens with zero attached hydrogens (tertiary/aromatic N) is 2. The molecule has 2 nitrogen and oxygen atoms in total. The minimum atomic E-state index is -0.120. The molecule has 0 spiro atoms. The van der Waals surface area contributed by atoms with Crippen molar-refractivity contribution >= 4 is 158 Å². The second-order valence-corrected chi connectivity index (χ2v) is 11.2. The van der Waals surface area contributed by atoms with Gasteiger partial charge >= 0.3 is 104 Å². The predicted molar refractivity (Wildman–Crippen MR) is 285 cm³/mol. The summed E-state index contributed by atoms with van der Waals surface area (Å²) in [5.41, 5.74) is 0. The molecule has 0 N–H and O–H groups in total. The maximum Gasteiger partial charge on any atom is 5.00 e. The Morgan fingerprint density at radius 1 is 0.290 bits per heavy atom. The van der Waals surface area contributed by atoms with Crippen LogP contribution in [0.15, 0.2) is 182 Å². The minimum absolute atomic E-state index is 0. The Morgan fingerprint density at radius 3 is 0.403 bits per heavy atom. The molecule has 0 saturated carbocycles. The summed E-state index contributed by atoms with van der Waals surface area (Å²) in [6.07, 6.45) is 0. The number of thiol groups is 8. The molecule has 0 amide bonds. The van der Waals surface area contributed by atoms with Gasteiger partial charge in [-0.25, -0.2) is 82.2 Å². The van der Waals surface area contributed by atoms with E-state index in [0.717, 1.165) is 26.2 Å². The SMILES string of the molecule is CCN(CC)C([S-])[S-].CCN(CC)C([S-])[S-].[Cr+5].[Cr+5].[Cr+5].[Cr+5].[Cr+5].[Cr+5].[Cr].[Cr].[SH-].[SH-].[SH-].[SH-].[SH-].[SH-].[SH-].[SH-].c1cc[cH-]c1.c1cc[cH-]c1.c1cc[cH-]c1.c1cc[cH-]c1.c1cc[cH-]c1.c1cc[cH-]c1. The first kappa shape index (κ1) is 121. The molecule has 22 heteroatoms. The third kappa shape index (κ3) is 102. The van der Waals surface area contributed by atoms with E-state index in [4.69, 9.17) is 50.5 Å². The van der Waals surface area contributed by atoms with Crippen LogP contribution in [-0.2, 0) is 297 Å². The van der Waals surface area contributed by atoms with Crippen LogP contribution < -0.4 is 0 Å². The fourth-order valence-electron chi connectivity index (χ4n) is 2.97. The van der Waals surface area contributed by atoms with Crippen molar-refractivity contribution in [1.82, 2.24) is 9.80 Å². The van der Waals surface area contributed by atoms with E-state index in [2.05, 4.69) is 27.7 Å². The van der Waals surface area contributed by atoms with Gasteiger partial charge in [-0.3, -0.25) is 0 Å². The molecule has 0 saturated heterocycles. The molecule has 0 aliphatic heterocycles. The third-order valence-electron chi connectivity index (χ3n) is 5.55. The van der Waals surface area contributed by atoms with Gasteiger partial charge in [0, 0.05) is 34.7 Å². The Balaban J connectivity index is -0.0000000216. The van der Waals surface area contributed by atoms with Crippen molar-refractivity contribution in [2.75, 3.05) is 26.2 Å². The molecule has 0 fully saturated rings. The van der Waals surface area contributed by atoms with Crippen LogP contribution in [0.4, 0.5) is 0 Å². The zero-order valence-corrected chi connectivity index (χ0v) is 55.3. The van der Waals surface area contributed by atoms with Gasteiger partial charge in [-0.05, 0) is 26.2 Å². The topological polar surface area (TPSA) is 6.48 Å². The number of hydrogen-bond acceptors (Lipinski definition) is 14. The largest absolute Gasteiger partial charge is 5.00 e. The summed E-state index contributed by atoms with van der Waals surface area (Å²) in [7, 11) is 0. The molecule has 0 heterocycles. The van der Waals surface area contributed by atoms with Gasteiger partial charge < -0.3 is 168 Å². The third-order valence-corrected chi connectivity index (χ3v) is 6.75. The van der Waals surface area contributed by atoms with E-state index in [1.54, 1.807) is 0 Å². The van der Waals surface area contributed by atoms with Crippen molar-refractivity contribution in [3.05, 3.63) is 182 Å². The van der Waals surface area contributed by atoms with E-state index in [0.29, 0.717) is 0 Å². The van der Waals surface area contributed by atoms with Crippen LogP contribution in [0.2, 0.25) is 0 Å². The summed E-state index contributed by atoms with van der Waals surface area (Å²) >= 11 is 19.4. The molecule has 0 atom stereocenters. The van der Waals surface area contributed by atoms with Gasteiger partial charge in [-0.2, -0.15) is 109 Å². The molecule has 0 aliphatic rings. The van der Waals surface area contributed by atoms with E-state index in [1.807, 2.05) is 192 Å². The Labute approximate surface area is 544 Å². The van der Waals surface area contributed by atoms with Crippen LogP contribution in [0.25, 0.3) is 0 Å². The van der Waals surface area contributed by atoms with Gasteiger partial charge in [-0.1, -0.05) is 27.7 Å². The van der Waals surface area contributed by atoms with Crippen molar-refractivity contribution < 1.29 is 139 Å². The molecule has 0 bridgehead atoms. The normalized spacial score (nSPS) is 6.77. The molecule has 0 aromatic heterocycles. The Kier molecular flexibility index (Phi) is 209. The van der Waals surface area contributed by atoms with Gasteiger partial charge in [0.1, 0.15) is 0 Å². The average Bonchev–Trinajstić information content (AvgIpc) is 3.96. The summed E-state index contributed by atoms with van der Waals surface area (Å²) in [5.74, 6) is 0. The molecule has 6 aromatic carbocycles. The van der Waals surface area contributed by atoms with Crippen LogP contribution in [0, 0.1) is 0 Å². The summed E-state index contributed by atoms with van der Waals surface area (Å²) in [4.78, 5) is 4.09. The Hall–Kier alpha value is 4.48. The van der Waals surface area contributed by atoms with Crippen LogP contribution in [0.5, 0.6) is 0 Å². The minimum Gasteiger partial charge on any atom is -0.813 e. The van der Waals surface area contributed by atoms with Crippen LogP contribution in [0.1, 0.15) is 27.7 Å². The standard InChI is InChI=1S/2C5H13NS2.6C5H5.8Cr.8H2S/c2*1-3-6(4-2)5(7)8;6*1-2-4-5-3-1;;;;;;;;;;;;;;;;/h2*5,7-8H,3-4H2,1-2H3;6*1-5H;;;;;;;;;8*1H2/q;;6*-1;;;6*+5;;;;;;;;/p-12. The van der Waals surface area contributed by atoms with Crippen molar-refractivity contribution in [3.8, 4) is 0 Å². The van der Waals surface area contributed by atoms with Gasteiger partial charge in [0.05, 0.1) is 0 Å².